The molecule has 1 saturated carbocycles. The molecule has 96 valence electrons. The maximum atomic E-state index is 12.7. The van der Waals surface area contributed by atoms with Gasteiger partial charge < -0.3 is 5.73 Å². The van der Waals surface area contributed by atoms with Crippen molar-refractivity contribution in [1.82, 2.24) is 9.78 Å². The van der Waals surface area contributed by atoms with Crippen LogP contribution in [0.25, 0.3) is 0 Å². The van der Waals surface area contributed by atoms with Gasteiger partial charge in [0.1, 0.15) is 0 Å². The van der Waals surface area contributed by atoms with Crippen molar-refractivity contribution >= 4 is 15.9 Å². The molecule has 1 aliphatic carbocycles. The van der Waals surface area contributed by atoms with Crippen LogP contribution in [0, 0.1) is 0 Å². The standard InChI is InChI=1S/C10H13BrF3N3/c11-7-8(6-2-3-6)17(5-1-4-15)16-9(7)10(12,13)14/h6H,1-5,15H2. The monoisotopic (exact) mass is 311 g/mol. The summed E-state index contributed by atoms with van der Waals surface area (Å²) in [5.41, 5.74) is 5.22. The van der Waals surface area contributed by atoms with E-state index in [-0.39, 0.29) is 10.4 Å². The van der Waals surface area contributed by atoms with Gasteiger partial charge in [0.2, 0.25) is 0 Å². The lowest BCUT2D eigenvalue weighted by Crippen LogP contribution is -2.11. The number of hydrogen-bond acceptors (Lipinski definition) is 2. The molecule has 0 amide bonds. The van der Waals surface area contributed by atoms with Crippen LogP contribution in [0.4, 0.5) is 13.2 Å². The normalized spacial score (nSPS) is 16.5. The highest BCUT2D eigenvalue weighted by Crippen LogP contribution is 2.46. The molecule has 1 heterocycles. The van der Waals surface area contributed by atoms with Gasteiger partial charge in [-0.1, -0.05) is 0 Å². The minimum atomic E-state index is -4.41. The number of alkyl halides is 3. The zero-order valence-electron chi connectivity index (χ0n) is 9.10. The molecule has 1 aliphatic rings. The lowest BCUT2D eigenvalue weighted by atomic mass is 10.2. The van der Waals surface area contributed by atoms with Crippen LogP contribution < -0.4 is 5.73 Å². The number of rotatable bonds is 4. The fourth-order valence-corrected chi connectivity index (χ4v) is 2.62. The first-order chi connectivity index (χ1) is 7.95. The summed E-state index contributed by atoms with van der Waals surface area (Å²) in [6.45, 7) is 0.889. The second-order valence-electron chi connectivity index (χ2n) is 4.19. The van der Waals surface area contributed by atoms with Gasteiger partial charge in [-0.2, -0.15) is 18.3 Å². The van der Waals surface area contributed by atoms with Gasteiger partial charge in [-0.3, -0.25) is 4.68 Å². The van der Waals surface area contributed by atoms with Crippen molar-refractivity contribution in [1.29, 1.82) is 0 Å². The summed E-state index contributed by atoms with van der Waals surface area (Å²) in [5.74, 6) is 0.214. The average Bonchev–Trinajstić information content (AvgIpc) is 2.99. The molecular formula is C10H13BrF3N3. The van der Waals surface area contributed by atoms with Crippen molar-refractivity contribution in [3.05, 3.63) is 15.9 Å². The lowest BCUT2D eigenvalue weighted by Gasteiger charge is -2.05. The van der Waals surface area contributed by atoms with E-state index in [2.05, 4.69) is 21.0 Å². The van der Waals surface area contributed by atoms with E-state index in [4.69, 9.17) is 5.73 Å². The summed E-state index contributed by atoms with van der Waals surface area (Å²) in [6.07, 6.45) is -1.91. The highest BCUT2D eigenvalue weighted by atomic mass is 79.9. The van der Waals surface area contributed by atoms with E-state index < -0.39 is 11.9 Å². The van der Waals surface area contributed by atoms with E-state index in [0.717, 1.165) is 12.8 Å². The molecule has 2 N–H and O–H groups in total. The summed E-state index contributed by atoms with van der Waals surface area (Å²) in [6, 6.07) is 0. The van der Waals surface area contributed by atoms with Crippen molar-refractivity contribution in [2.45, 2.75) is 37.9 Å². The Morgan fingerprint density at radius 3 is 2.53 bits per heavy atom. The van der Waals surface area contributed by atoms with Crippen LogP contribution in [0.5, 0.6) is 0 Å². The number of aryl methyl sites for hydroxylation is 1. The van der Waals surface area contributed by atoms with E-state index in [9.17, 15) is 13.2 Å². The van der Waals surface area contributed by atoms with E-state index in [1.54, 1.807) is 0 Å². The average molecular weight is 312 g/mol. The third-order valence-corrected chi connectivity index (χ3v) is 3.52. The van der Waals surface area contributed by atoms with Crippen LogP contribution in [0.3, 0.4) is 0 Å². The summed E-state index contributed by atoms with van der Waals surface area (Å²) >= 11 is 3.04. The molecule has 1 aromatic rings. The van der Waals surface area contributed by atoms with Gasteiger partial charge in [-0.25, -0.2) is 0 Å². The molecule has 1 fully saturated rings. The number of nitrogens with two attached hydrogens (primary N) is 1. The van der Waals surface area contributed by atoms with Crippen LogP contribution in [0.2, 0.25) is 0 Å². The zero-order chi connectivity index (χ0) is 12.6. The summed E-state index contributed by atoms with van der Waals surface area (Å²) in [4.78, 5) is 0. The highest BCUT2D eigenvalue weighted by Gasteiger charge is 2.41. The molecule has 3 nitrogen and oxygen atoms in total. The zero-order valence-corrected chi connectivity index (χ0v) is 10.7. The van der Waals surface area contributed by atoms with Gasteiger partial charge >= 0.3 is 6.18 Å². The maximum absolute atomic E-state index is 12.7. The molecule has 0 bridgehead atoms. The molecule has 7 heteroatoms. The first-order valence-electron chi connectivity index (χ1n) is 5.48. The molecule has 0 aromatic carbocycles. The second kappa shape index (κ2) is 4.61. The summed E-state index contributed by atoms with van der Waals surface area (Å²) in [7, 11) is 0. The Bertz CT molecular complexity index is 410. The Labute approximate surface area is 105 Å². The fraction of sp³-hybridized carbons (Fsp3) is 0.700. The molecule has 17 heavy (non-hydrogen) atoms. The number of nitrogens with zero attached hydrogens (tertiary/aromatic N) is 2. The topological polar surface area (TPSA) is 43.8 Å². The first kappa shape index (κ1) is 12.9. The number of aromatic nitrogens is 2. The third-order valence-electron chi connectivity index (χ3n) is 2.74. The molecule has 2 rings (SSSR count). The van der Waals surface area contributed by atoms with Crippen LogP contribution >= 0.6 is 15.9 Å². The van der Waals surface area contributed by atoms with E-state index in [1.807, 2.05) is 0 Å². The molecule has 0 atom stereocenters. The van der Waals surface area contributed by atoms with Crippen molar-refractivity contribution < 1.29 is 13.2 Å². The lowest BCUT2D eigenvalue weighted by molar-refractivity contribution is -0.142. The Morgan fingerprint density at radius 1 is 1.41 bits per heavy atom. The van der Waals surface area contributed by atoms with Crippen LogP contribution in [-0.4, -0.2) is 16.3 Å². The summed E-state index contributed by atoms with van der Waals surface area (Å²) in [5, 5.41) is 3.67. The Balaban J connectivity index is 2.36. The fourth-order valence-electron chi connectivity index (χ4n) is 1.79. The molecular weight excluding hydrogens is 299 g/mol. The van der Waals surface area contributed by atoms with Crippen LogP contribution in [-0.2, 0) is 12.7 Å². The maximum Gasteiger partial charge on any atom is 0.436 e. The van der Waals surface area contributed by atoms with Gasteiger partial charge in [0, 0.05) is 12.5 Å². The predicted octanol–water partition coefficient (Wildman–Crippen LogP) is 2.89. The third kappa shape index (κ3) is 2.65. The van der Waals surface area contributed by atoms with E-state index in [1.165, 1.54) is 4.68 Å². The van der Waals surface area contributed by atoms with E-state index in [0.29, 0.717) is 25.2 Å². The van der Waals surface area contributed by atoms with Crippen molar-refractivity contribution in [2.24, 2.45) is 5.73 Å². The van der Waals surface area contributed by atoms with Crippen molar-refractivity contribution in [2.75, 3.05) is 6.54 Å². The number of halogens is 4. The molecule has 0 spiro atoms. The quantitative estimate of drug-likeness (QED) is 0.929. The van der Waals surface area contributed by atoms with Crippen molar-refractivity contribution in [3.8, 4) is 0 Å². The molecule has 0 saturated heterocycles. The minimum Gasteiger partial charge on any atom is -0.330 e. The first-order valence-corrected chi connectivity index (χ1v) is 6.28. The number of hydrogen-bond donors (Lipinski definition) is 1. The predicted molar refractivity (Wildman–Crippen MR) is 60.6 cm³/mol. The molecule has 0 radical (unpaired) electrons. The van der Waals surface area contributed by atoms with E-state index >= 15 is 0 Å². The highest BCUT2D eigenvalue weighted by molar-refractivity contribution is 9.10. The Kier molecular flexibility index (Phi) is 3.49. The van der Waals surface area contributed by atoms with Crippen molar-refractivity contribution in [3.63, 3.8) is 0 Å². The Morgan fingerprint density at radius 2 is 2.06 bits per heavy atom. The Hall–Kier alpha value is -0.560. The minimum absolute atomic E-state index is 0.101. The SMILES string of the molecule is NCCCn1nc(C(F)(F)F)c(Br)c1C1CC1. The second-order valence-corrected chi connectivity index (χ2v) is 4.98. The van der Waals surface area contributed by atoms with Gasteiger partial charge in [0.25, 0.3) is 0 Å². The van der Waals surface area contributed by atoms with Gasteiger partial charge in [0.15, 0.2) is 5.69 Å². The smallest absolute Gasteiger partial charge is 0.330 e. The van der Waals surface area contributed by atoms with Crippen LogP contribution in [0.15, 0.2) is 4.47 Å². The van der Waals surface area contributed by atoms with Gasteiger partial charge in [-0.15, -0.1) is 0 Å². The van der Waals surface area contributed by atoms with Crippen LogP contribution in [0.1, 0.15) is 36.6 Å². The molecule has 0 aliphatic heterocycles. The summed E-state index contributed by atoms with van der Waals surface area (Å²) < 4.78 is 39.7. The van der Waals surface area contributed by atoms with Gasteiger partial charge in [0.05, 0.1) is 10.2 Å². The van der Waals surface area contributed by atoms with Gasteiger partial charge in [-0.05, 0) is 41.7 Å². The largest absolute Gasteiger partial charge is 0.436 e. The molecule has 1 aromatic heterocycles. The molecule has 0 unspecified atom stereocenters.